The van der Waals surface area contributed by atoms with E-state index in [1.807, 2.05) is 11.7 Å². The number of primary amides is 1. The predicted octanol–water partition coefficient (Wildman–Crippen LogP) is 1.49. The van der Waals surface area contributed by atoms with Crippen molar-refractivity contribution in [1.29, 1.82) is 0 Å². The second-order valence-corrected chi connectivity index (χ2v) is 5.08. The number of nitrogens with one attached hydrogen (secondary N) is 1. The molecule has 0 radical (unpaired) electrons. The largest absolute Gasteiger partial charge is 0.370 e. The number of aryl methyl sites for hydroxylation is 2. The molecule has 0 aliphatic heterocycles. The van der Waals surface area contributed by atoms with Crippen LogP contribution in [0.4, 0.5) is 0 Å². The van der Waals surface area contributed by atoms with Gasteiger partial charge in [0, 0.05) is 20.0 Å². The van der Waals surface area contributed by atoms with Crippen molar-refractivity contribution >= 4 is 21.8 Å². The maximum Gasteiger partial charge on any atom is 0.217 e. The van der Waals surface area contributed by atoms with Gasteiger partial charge in [0.25, 0.3) is 0 Å². The van der Waals surface area contributed by atoms with Crippen LogP contribution in [0.1, 0.15) is 37.6 Å². The van der Waals surface area contributed by atoms with Crippen molar-refractivity contribution < 1.29 is 4.79 Å². The number of amides is 1. The molecule has 102 valence electrons. The molecule has 0 saturated carbocycles. The lowest BCUT2D eigenvalue weighted by Gasteiger charge is -2.05. The van der Waals surface area contributed by atoms with E-state index in [0.717, 1.165) is 48.2 Å². The number of carbonyl (C=O) groups is 1. The fourth-order valence-electron chi connectivity index (χ4n) is 1.77. The number of rotatable bonds is 8. The first-order chi connectivity index (χ1) is 8.56. The maximum absolute atomic E-state index is 10.6. The smallest absolute Gasteiger partial charge is 0.217 e. The topological polar surface area (TPSA) is 72.9 Å². The summed E-state index contributed by atoms with van der Waals surface area (Å²) in [7, 11) is 1.95. The van der Waals surface area contributed by atoms with E-state index in [0.29, 0.717) is 6.42 Å². The molecule has 0 aliphatic carbocycles. The number of halogens is 1. The highest BCUT2D eigenvalue weighted by atomic mass is 79.9. The molecule has 0 atom stereocenters. The van der Waals surface area contributed by atoms with Crippen LogP contribution in [0.25, 0.3) is 0 Å². The molecule has 18 heavy (non-hydrogen) atoms. The Balaban J connectivity index is 2.31. The number of unbranched alkanes of at least 4 members (excludes halogenated alkanes) is 1. The van der Waals surface area contributed by atoms with Crippen molar-refractivity contribution in [3.63, 3.8) is 0 Å². The number of hydrogen-bond acceptors (Lipinski definition) is 3. The highest BCUT2D eigenvalue weighted by Gasteiger charge is 2.11. The van der Waals surface area contributed by atoms with Crippen LogP contribution in [-0.4, -0.2) is 22.2 Å². The molecule has 1 amide bonds. The standard InChI is InChI=1S/C12H21BrN4O/c1-3-9-12(13)10(17(2)16-9)8-15-7-5-4-6-11(14)18/h15H,3-8H2,1-2H3,(H2,14,18). The predicted molar refractivity (Wildman–Crippen MR) is 75.0 cm³/mol. The molecule has 1 aromatic rings. The van der Waals surface area contributed by atoms with Gasteiger partial charge in [-0.05, 0) is 41.7 Å². The molecule has 6 heteroatoms. The fourth-order valence-corrected chi connectivity index (χ4v) is 2.52. The lowest BCUT2D eigenvalue weighted by atomic mass is 10.2. The van der Waals surface area contributed by atoms with Crippen LogP contribution in [0.5, 0.6) is 0 Å². The van der Waals surface area contributed by atoms with E-state index in [9.17, 15) is 4.79 Å². The SMILES string of the molecule is CCc1nn(C)c(CNCCCCC(N)=O)c1Br. The Labute approximate surface area is 116 Å². The summed E-state index contributed by atoms with van der Waals surface area (Å²) >= 11 is 3.58. The maximum atomic E-state index is 10.6. The van der Waals surface area contributed by atoms with E-state index < -0.39 is 0 Å². The summed E-state index contributed by atoms with van der Waals surface area (Å²) in [6.07, 6.45) is 3.19. The van der Waals surface area contributed by atoms with Gasteiger partial charge in [-0.2, -0.15) is 5.10 Å². The normalized spacial score (nSPS) is 10.8. The first kappa shape index (κ1) is 15.2. The molecule has 0 fully saturated rings. The third-order valence-corrected chi connectivity index (χ3v) is 3.74. The Bertz CT molecular complexity index is 403. The molecular weight excluding hydrogens is 296 g/mol. The molecule has 0 spiro atoms. The van der Waals surface area contributed by atoms with Gasteiger partial charge < -0.3 is 11.1 Å². The number of nitrogens with two attached hydrogens (primary N) is 1. The summed E-state index contributed by atoms with van der Waals surface area (Å²) in [6.45, 7) is 3.75. The first-order valence-corrected chi connectivity index (χ1v) is 7.04. The summed E-state index contributed by atoms with van der Waals surface area (Å²) < 4.78 is 3.00. The van der Waals surface area contributed by atoms with E-state index in [1.54, 1.807) is 0 Å². The van der Waals surface area contributed by atoms with E-state index in [2.05, 4.69) is 33.3 Å². The van der Waals surface area contributed by atoms with Gasteiger partial charge in [-0.1, -0.05) is 6.92 Å². The molecule has 1 aromatic heterocycles. The van der Waals surface area contributed by atoms with Gasteiger partial charge in [0.2, 0.25) is 5.91 Å². The van der Waals surface area contributed by atoms with E-state index >= 15 is 0 Å². The minimum atomic E-state index is -0.225. The molecule has 1 rings (SSSR count). The van der Waals surface area contributed by atoms with Crippen molar-refractivity contribution in [2.45, 2.75) is 39.2 Å². The summed E-state index contributed by atoms with van der Waals surface area (Å²) in [5.74, 6) is -0.225. The van der Waals surface area contributed by atoms with Crippen molar-refractivity contribution in [3.8, 4) is 0 Å². The first-order valence-electron chi connectivity index (χ1n) is 6.25. The third-order valence-electron chi connectivity index (χ3n) is 2.82. The van der Waals surface area contributed by atoms with Crippen molar-refractivity contribution in [2.75, 3.05) is 6.54 Å². The van der Waals surface area contributed by atoms with Crippen LogP contribution < -0.4 is 11.1 Å². The molecule has 0 aliphatic rings. The summed E-state index contributed by atoms with van der Waals surface area (Å²) in [5, 5.41) is 7.79. The molecule has 0 bridgehead atoms. The van der Waals surface area contributed by atoms with Gasteiger partial charge in [0.1, 0.15) is 0 Å². The molecule has 1 heterocycles. The zero-order valence-corrected chi connectivity index (χ0v) is 12.6. The van der Waals surface area contributed by atoms with Gasteiger partial charge in [0.15, 0.2) is 0 Å². The highest BCUT2D eigenvalue weighted by molar-refractivity contribution is 9.10. The molecule has 0 aromatic carbocycles. The second kappa shape index (κ2) is 7.53. The van der Waals surface area contributed by atoms with Gasteiger partial charge >= 0.3 is 0 Å². The van der Waals surface area contributed by atoms with Crippen LogP contribution in [0.2, 0.25) is 0 Å². The summed E-state index contributed by atoms with van der Waals surface area (Å²) in [4.78, 5) is 10.6. The van der Waals surface area contributed by atoms with Gasteiger partial charge in [-0.25, -0.2) is 0 Å². The minimum absolute atomic E-state index is 0.225. The number of carbonyl (C=O) groups excluding carboxylic acids is 1. The van der Waals surface area contributed by atoms with E-state index in [4.69, 9.17) is 5.73 Å². The average Bonchev–Trinajstić information content (AvgIpc) is 2.59. The summed E-state index contributed by atoms with van der Waals surface area (Å²) in [5.41, 5.74) is 7.32. The molecular formula is C12H21BrN4O. The van der Waals surface area contributed by atoms with Crippen LogP contribution in [0, 0.1) is 0 Å². The summed E-state index contributed by atoms with van der Waals surface area (Å²) in [6, 6.07) is 0. The van der Waals surface area contributed by atoms with Crippen molar-refractivity contribution in [1.82, 2.24) is 15.1 Å². The van der Waals surface area contributed by atoms with Gasteiger partial charge in [0.05, 0.1) is 15.9 Å². The Kier molecular flexibility index (Phi) is 6.35. The van der Waals surface area contributed by atoms with Crippen LogP contribution in [0.3, 0.4) is 0 Å². The number of hydrogen-bond donors (Lipinski definition) is 2. The highest BCUT2D eigenvalue weighted by Crippen LogP contribution is 2.21. The molecule has 3 N–H and O–H groups in total. The van der Waals surface area contributed by atoms with E-state index in [1.165, 1.54) is 0 Å². The lowest BCUT2D eigenvalue weighted by molar-refractivity contribution is -0.118. The van der Waals surface area contributed by atoms with E-state index in [-0.39, 0.29) is 5.91 Å². The van der Waals surface area contributed by atoms with Crippen molar-refractivity contribution in [3.05, 3.63) is 15.9 Å². The fraction of sp³-hybridized carbons (Fsp3) is 0.667. The number of nitrogens with zero attached hydrogens (tertiary/aromatic N) is 2. The third kappa shape index (κ3) is 4.42. The Morgan fingerprint density at radius 1 is 1.50 bits per heavy atom. The second-order valence-electron chi connectivity index (χ2n) is 4.28. The average molecular weight is 317 g/mol. The molecule has 0 saturated heterocycles. The van der Waals surface area contributed by atoms with Crippen LogP contribution in [-0.2, 0) is 24.8 Å². The van der Waals surface area contributed by atoms with Gasteiger partial charge in [-0.15, -0.1) is 0 Å². The number of aromatic nitrogens is 2. The zero-order valence-electron chi connectivity index (χ0n) is 11.0. The van der Waals surface area contributed by atoms with Crippen LogP contribution >= 0.6 is 15.9 Å². The quantitative estimate of drug-likeness (QED) is 0.714. The van der Waals surface area contributed by atoms with Gasteiger partial charge in [-0.3, -0.25) is 9.48 Å². The zero-order chi connectivity index (χ0) is 13.5. The molecule has 0 unspecified atom stereocenters. The monoisotopic (exact) mass is 316 g/mol. The Morgan fingerprint density at radius 2 is 2.22 bits per heavy atom. The minimum Gasteiger partial charge on any atom is -0.370 e. The molecule has 5 nitrogen and oxygen atoms in total. The lowest BCUT2D eigenvalue weighted by Crippen LogP contribution is -2.18. The van der Waals surface area contributed by atoms with Crippen molar-refractivity contribution in [2.24, 2.45) is 12.8 Å². The van der Waals surface area contributed by atoms with Crippen LogP contribution in [0.15, 0.2) is 4.47 Å². The Morgan fingerprint density at radius 3 is 2.78 bits per heavy atom. The Hall–Kier alpha value is -0.880.